The molecule has 1 unspecified atom stereocenters. The Morgan fingerprint density at radius 3 is 2.55 bits per heavy atom. The van der Waals surface area contributed by atoms with Crippen LogP contribution in [-0.2, 0) is 4.74 Å². The number of aliphatic hydroxyl groups excluding tert-OH is 1. The number of benzene rings is 1. The van der Waals surface area contributed by atoms with Gasteiger partial charge in [0.1, 0.15) is 0 Å². The van der Waals surface area contributed by atoms with Crippen LogP contribution in [0.5, 0.6) is 0 Å². The first-order chi connectivity index (χ1) is 9.45. The minimum Gasteiger partial charge on any atom is -0.478 e. The molecule has 5 nitrogen and oxygen atoms in total. The van der Waals surface area contributed by atoms with Crippen molar-refractivity contribution in [1.29, 1.82) is 0 Å². The quantitative estimate of drug-likeness (QED) is 0.456. The Bertz CT molecular complexity index is 481. The number of carbonyl (C=O) groups is 2. The van der Waals surface area contributed by atoms with Gasteiger partial charge in [0.2, 0.25) is 6.29 Å². The van der Waals surface area contributed by atoms with Crippen LogP contribution in [0.2, 0.25) is 0 Å². The van der Waals surface area contributed by atoms with E-state index in [1.54, 1.807) is 13.0 Å². The largest absolute Gasteiger partial charge is 0.478 e. The van der Waals surface area contributed by atoms with Crippen LogP contribution >= 0.6 is 0 Å². The smallest absolute Gasteiger partial charge is 0.341 e. The molecular formula is C15H20O5. The number of aromatic carboxylic acids is 1. The number of aliphatic hydroxyl groups is 1. The Kier molecular flexibility index (Phi) is 6.18. The lowest BCUT2D eigenvalue weighted by Crippen LogP contribution is -2.20. The predicted molar refractivity (Wildman–Crippen MR) is 73.7 cm³/mol. The minimum absolute atomic E-state index is 0.0439. The summed E-state index contributed by atoms with van der Waals surface area (Å²) in [4.78, 5) is 23.0. The van der Waals surface area contributed by atoms with Gasteiger partial charge in [-0.25, -0.2) is 9.59 Å². The number of aryl methyl sites for hydroxylation is 1. The van der Waals surface area contributed by atoms with Crippen molar-refractivity contribution in [2.45, 2.75) is 45.8 Å². The summed E-state index contributed by atoms with van der Waals surface area (Å²) in [7, 11) is 0. The number of rotatable bonds is 7. The van der Waals surface area contributed by atoms with E-state index >= 15 is 0 Å². The van der Waals surface area contributed by atoms with Gasteiger partial charge in [-0.1, -0.05) is 31.4 Å². The van der Waals surface area contributed by atoms with Crippen molar-refractivity contribution in [2.24, 2.45) is 0 Å². The minimum atomic E-state index is -1.20. The van der Waals surface area contributed by atoms with Crippen LogP contribution in [0.1, 0.15) is 58.9 Å². The van der Waals surface area contributed by atoms with E-state index in [1.807, 2.05) is 6.92 Å². The highest BCUT2D eigenvalue weighted by molar-refractivity contribution is 6.02. The fourth-order valence-corrected chi connectivity index (χ4v) is 1.83. The van der Waals surface area contributed by atoms with Gasteiger partial charge in [0.15, 0.2) is 0 Å². The number of hydrogen-bond donors (Lipinski definition) is 2. The fraction of sp³-hybridized carbons (Fsp3) is 0.467. The monoisotopic (exact) mass is 280 g/mol. The molecule has 1 atom stereocenters. The average molecular weight is 280 g/mol. The van der Waals surface area contributed by atoms with Crippen LogP contribution in [0.15, 0.2) is 18.2 Å². The number of unbranched alkanes of at least 4 members (excludes halogenated alkanes) is 2. The molecule has 1 aromatic carbocycles. The zero-order chi connectivity index (χ0) is 15.1. The summed E-state index contributed by atoms with van der Waals surface area (Å²) in [6.07, 6.45) is 1.86. The highest BCUT2D eigenvalue weighted by Gasteiger charge is 2.20. The van der Waals surface area contributed by atoms with Crippen LogP contribution < -0.4 is 0 Å². The Morgan fingerprint density at radius 1 is 1.25 bits per heavy atom. The molecule has 20 heavy (non-hydrogen) atoms. The van der Waals surface area contributed by atoms with Crippen molar-refractivity contribution in [1.82, 2.24) is 0 Å². The van der Waals surface area contributed by atoms with E-state index in [2.05, 4.69) is 0 Å². The van der Waals surface area contributed by atoms with E-state index in [0.717, 1.165) is 24.8 Å². The van der Waals surface area contributed by atoms with Gasteiger partial charge >= 0.3 is 11.9 Å². The maximum Gasteiger partial charge on any atom is 0.341 e. The number of esters is 1. The summed E-state index contributed by atoms with van der Waals surface area (Å²) in [5.41, 5.74) is 0.579. The second kappa shape index (κ2) is 7.65. The maximum atomic E-state index is 11.9. The number of hydrogen-bond acceptors (Lipinski definition) is 4. The van der Waals surface area contributed by atoms with Crippen molar-refractivity contribution >= 4 is 11.9 Å². The molecule has 0 aliphatic carbocycles. The van der Waals surface area contributed by atoms with E-state index in [-0.39, 0.29) is 11.1 Å². The van der Waals surface area contributed by atoms with Gasteiger partial charge in [0.25, 0.3) is 0 Å². The first-order valence-electron chi connectivity index (χ1n) is 6.68. The first-order valence-corrected chi connectivity index (χ1v) is 6.68. The Morgan fingerprint density at radius 2 is 1.95 bits per heavy atom. The summed E-state index contributed by atoms with van der Waals surface area (Å²) in [6, 6.07) is 4.44. The average Bonchev–Trinajstić information content (AvgIpc) is 2.38. The molecule has 0 spiro atoms. The molecular weight excluding hydrogens is 260 g/mol. The van der Waals surface area contributed by atoms with Crippen LogP contribution in [0.4, 0.5) is 0 Å². The molecule has 0 aliphatic rings. The van der Waals surface area contributed by atoms with Gasteiger partial charge in [0.05, 0.1) is 11.1 Å². The Balaban J connectivity index is 2.74. The lowest BCUT2D eigenvalue weighted by Gasteiger charge is -2.13. The molecule has 0 bridgehead atoms. The Labute approximate surface area is 118 Å². The van der Waals surface area contributed by atoms with Crippen LogP contribution in [0.25, 0.3) is 0 Å². The van der Waals surface area contributed by atoms with Gasteiger partial charge in [-0.2, -0.15) is 0 Å². The molecule has 0 saturated carbocycles. The molecule has 1 aromatic rings. The molecule has 0 radical (unpaired) electrons. The second-order valence-electron chi connectivity index (χ2n) is 4.71. The fourth-order valence-electron chi connectivity index (χ4n) is 1.83. The highest BCUT2D eigenvalue weighted by atomic mass is 16.6. The maximum absolute atomic E-state index is 11.9. The van der Waals surface area contributed by atoms with Crippen molar-refractivity contribution in [3.8, 4) is 0 Å². The zero-order valence-corrected chi connectivity index (χ0v) is 11.8. The van der Waals surface area contributed by atoms with E-state index in [9.17, 15) is 14.7 Å². The summed E-state index contributed by atoms with van der Waals surface area (Å²) in [5, 5.41) is 18.7. The summed E-state index contributed by atoms with van der Waals surface area (Å²) in [5.74, 6) is -2.01. The predicted octanol–water partition coefficient (Wildman–Crippen LogP) is 2.75. The van der Waals surface area contributed by atoms with Crippen molar-refractivity contribution in [3.05, 3.63) is 34.9 Å². The van der Waals surface area contributed by atoms with Gasteiger partial charge in [0, 0.05) is 6.42 Å². The second-order valence-corrected chi connectivity index (χ2v) is 4.71. The summed E-state index contributed by atoms with van der Waals surface area (Å²) >= 11 is 0. The third kappa shape index (κ3) is 4.66. The SMILES string of the molecule is CCCCCC(O)OC(=O)c1ccc(C)cc1C(=O)O. The van der Waals surface area contributed by atoms with Crippen molar-refractivity contribution in [2.75, 3.05) is 0 Å². The first kappa shape index (κ1) is 16.2. The topological polar surface area (TPSA) is 83.8 Å². The standard InChI is InChI=1S/C15H20O5/c1-3-4-5-6-13(16)20-15(19)11-8-7-10(2)9-12(11)14(17)18/h7-9,13,16H,3-6H2,1-2H3,(H,17,18). The van der Waals surface area contributed by atoms with E-state index in [1.165, 1.54) is 12.1 Å². The lowest BCUT2D eigenvalue weighted by molar-refractivity contribution is -0.0694. The molecule has 110 valence electrons. The van der Waals surface area contributed by atoms with E-state index < -0.39 is 18.2 Å². The lowest BCUT2D eigenvalue weighted by atomic mass is 10.0. The summed E-state index contributed by atoms with van der Waals surface area (Å²) < 4.78 is 4.87. The zero-order valence-electron chi connectivity index (χ0n) is 11.8. The molecule has 0 aromatic heterocycles. The number of carboxylic acids is 1. The summed E-state index contributed by atoms with van der Waals surface area (Å²) in [6.45, 7) is 3.77. The van der Waals surface area contributed by atoms with E-state index in [0.29, 0.717) is 6.42 Å². The van der Waals surface area contributed by atoms with Crippen LogP contribution in [0.3, 0.4) is 0 Å². The molecule has 2 N–H and O–H groups in total. The molecule has 1 rings (SSSR count). The van der Waals surface area contributed by atoms with Gasteiger partial charge in [-0.3, -0.25) is 0 Å². The van der Waals surface area contributed by atoms with Crippen molar-refractivity contribution < 1.29 is 24.5 Å². The number of carboxylic acid groups (broad SMARTS) is 1. The normalized spacial score (nSPS) is 11.9. The third-order valence-electron chi connectivity index (χ3n) is 2.92. The molecule has 0 saturated heterocycles. The molecule has 0 amide bonds. The van der Waals surface area contributed by atoms with Gasteiger partial charge < -0.3 is 14.9 Å². The van der Waals surface area contributed by atoms with Crippen LogP contribution in [0, 0.1) is 6.92 Å². The Hall–Kier alpha value is -1.88. The molecule has 0 aliphatic heterocycles. The molecule has 0 fully saturated rings. The van der Waals surface area contributed by atoms with Gasteiger partial charge in [-0.15, -0.1) is 0 Å². The van der Waals surface area contributed by atoms with Crippen LogP contribution in [-0.4, -0.2) is 28.4 Å². The van der Waals surface area contributed by atoms with Gasteiger partial charge in [-0.05, 0) is 25.5 Å². The molecule has 5 heteroatoms. The van der Waals surface area contributed by atoms with Crippen molar-refractivity contribution in [3.63, 3.8) is 0 Å². The number of carbonyl (C=O) groups excluding carboxylic acids is 1. The molecule has 0 heterocycles. The third-order valence-corrected chi connectivity index (χ3v) is 2.92. The highest BCUT2D eigenvalue weighted by Crippen LogP contribution is 2.15. The number of ether oxygens (including phenoxy) is 1. The van der Waals surface area contributed by atoms with E-state index in [4.69, 9.17) is 9.84 Å².